The quantitative estimate of drug-likeness (QED) is 0.677. The Kier molecular flexibility index (Phi) is 2.74. The average molecular weight is 173 g/mol. The molecule has 0 aliphatic heterocycles. The van der Waals surface area contributed by atoms with Gasteiger partial charge in [0.25, 0.3) is 5.95 Å². The highest BCUT2D eigenvalue weighted by atomic mass is 19.3. The van der Waals surface area contributed by atoms with Gasteiger partial charge < -0.3 is 5.32 Å². The lowest BCUT2D eigenvalue weighted by Gasteiger charge is -2.00. The first-order chi connectivity index (χ1) is 5.70. The molecular formula is C8H6F3N. The van der Waals surface area contributed by atoms with Crippen LogP contribution in [-0.4, -0.2) is 0 Å². The van der Waals surface area contributed by atoms with Gasteiger partial charge in [0, 0.05) is 5.69 Å². The van der Waals surface area contributed by atoms with Gasteiger partial charge in [0.05, 0.1) is 0 Å². The number of benzene rings is 1. The van der Waals surface area contributed by atoms with Crippen molar-refractivity contribution in [1.82, 2.24) is 0 Å². The molecule has 0 saturated heterocycles. The summed E-state index contributed by atoms with van der Waals surface area (Å²) >= 11 is 0. The maximum Gasteiger partial charge on any atom is 0.322 e. The lowest BCUT2D eigenvalue weighted by atomic mass is 10.3. The Bertz CT molecular complexity index is 278. The monoisotopic (exact) mass is 173 g/mol. The minimum absolute atomic E-state index is 0.294. The Morgan fingerprint density at radius 1 is 1.00 bits per heavy atom. The molecule has 0 aliphatic rings. The van der Waals surface area contributed by atoms with E-state index in [2.05, 4.69) is 0 Å². The van der Waals surface area contributed by atoms with Crippen LogP contribution in [0.15, 0.2) is 42.4 Å². The SMILES string of the molecule is FC(F)=C(F)Nc1ccccc1. The van der Waals surface area contributed by atoms with Crippen molar-refractivity contribution in [3.05, 3.63) is 42.4 Å². The highest BCUT2D eigenvalue weighted by Crippen LogP contribution is 2.14. The summed E-state index contributed by atoms with van der Waals surface area (Å²) in [5.74, 6) is -1.61. The van der Waals surface area contributed by atoms with Crippen LogP contribution in [0.4, 0.5) is 18.9 Å². The van der Waals surface area contributed by atoms with E-state index in [9.17, 15) is 13.2 Å². The molecule has 0 heterocycles. The summed E-state index contributed by atoms with van der Waals surface area (Å²) < 4.78 is 35.3. The van der Waals surface area contributed by atoms with Crippen molar-refractivity contribution < 1.29 is 13.2 Å². The molecule has 0 saturated carbocycles. The second-order valence-electron chi connectivity index (χ2n) is 2.07. The summed E-state index contributed by atoms with van der Waals surface area (Å²) in [4.78, 5) is 0. The van der Waals surface area contributed by atoms with Gasteiger partial charge in [-0.3, -0.25) is 0 Å². The molecule has 1 N–H and O–H groups in total. The van der Waals surface area contributed by atoms with Crippen LogP contribution in [0.1, 0.15) is 0 Å². The van der Waals surface area contributed by atoms with Crippen LogP contribution in [0.25, 0.3) is 0 Å². The smallest absolute Gasteiger partial charge is 0.322 e. The van der Waals surface area contributed by atoms with Gasteiger partial charge in [-0.2, -0.15) is 13.2 Å². The van der Waals surface area contributed by atoms with Crippen molar-refractivity contribution in [2.45, 2.75) is 0 Å². The third kappa shape index (κ3) is 2.30. The molecular weight excluding hydrogens is 167 g/mol. The predicted octanol–water partition coefficient (Wildman–Crippen LogP) is 3.13. The molecule has 4 heteroatoms. The van der Waals surface area contributed by atoms with Gasteiger partial charge in [0.15, 0.2) is 0 Å². The van der Waals surface area contributed by atoms with E-state index in [1.54, 1.807) is 18.2 Å². The van der Waals surface area contributed by atoms with Crippen LogP contribution in [0.5, 0.6) is 0 Å². The van der Waals surface area contributed by atoms with Gasteiger partial charge in [0.2, 0.25) is 0 Å². The van der Waals surface area contributed by atoms with Crippen molar-refractivity contribution in [1.29, 1.82) is 0 Å². The van der Waals surface area contributed by atoms with Crippen LogP contribution in [0.3, 0.4) is 0 Å². The van der Waals surface area contributed by atoms with Crippen LogP contribution in [0.2, 0.25) is 0 Å². The van der Waals surface area contributed by atoms with E-state index in [-0.39, 0.29) is 0 Å². The van der Waals surface area contributed by atoms with Gasteiger partial charge >= 0.3 is 6.08 Å². The summed E-state index contributed by atoms with van der Waals surface area (Å²) in [6.45, 7) is 0. The third-order valence-corrected chi connectivity index (χ3v) is 1.19. The van der Waals surface area contributed by atoms with Crippen LogP contribution < -0.4 is 5.32 Å². The maximum absolute atomic E-state index is 12.2. The average Bonchev–Trinajstić information content (AvgIpc) is 2.06. The Morgan fingerprint density at radius 3 is 2.08 bits per heavy atom. The van der Waals surface area contributed by atoms with E-state index in [1.807, 2.05) is 5.32 Å². The molecule has 1 nitrogen and oxygen atoms in total. The first-order valence-corrected chi connectivity index (χ1v) is 3.23. The van der Waals surface area contributed by atoms with Gasteiger partial charge in [-0.05, 0) is 12.1 Å². The Morgan fingerprint density at radius 2 is 1.58 bits per heavy atom. The summed E-state index contributed by atoms with van der Waals surface area (Å²) in [6.07, 6.45) is -2.35. The molecule has 0 fully saturated rings. The summed E-state index contributed by atoms with van der Waals surface area (Å²) in [5, 5.41) is 1.90. The molecule has 1 aromatic carbocycles. The first kappa shape index (κ1) is 8.64. The van der Waals surface area contributed by atoms with Crippen LogP contribution >= 0.6 is 0 Å². The lowest BCUT2D eigenvalue weighted by molar-refractivity contribution is 0.382. The van der Waals surface area contributed by atoms with Gasteiger partial charge in [-0.15, -0.1) is 0 Å². The van der Waals surface area contributed by atoms with Gasteiger partial charge in [-0.25, -0.2) is 0 Å². The number of para-hydroxylation sites is 1. The van der Waals surface area contributed by atoms with Crippen molar-refractivity contribution in [3.63, 3.8) is 0 Å². The zero-order chi connectivity index (χ0) is 8.97. The normalized spacial score (nSPS) is 9.25. The molecule has 64 valence electrons. The van der Waals surface area contributed by atoms with Gasteiger partial charge in [0.1, 0.15) is 0 Å². The third-order valence-electron chi connectivity index (χ3n) is 1.19. The molecule has 0 bridgehead atoms. The number of halogens is 3. The molecule has 0 amide bonds. The fourth-order valence-corrected chi connectivity index (χ4v) is 0.695. The molecule has 0 aliphatic carbocycles. The Hall–Kier alpha value is -1.45. The lowest BCUT2D eigenvalue weighted by Crippen LogP contribution is -1.94. The largest absolute Gasteiger partial charge is 0.327 e. The molecule has 0 spiro atoms. The zero-order valence-electron chi connectivity index (χ0n) is 6.02. The Balaban J connectivity index is 2.72. The molecule has 1 aromatic rings. The fraction of sp³-hybridized carbons (Fsp3) is 0. The zero-order valence-corrected chi connectivity index (χ0v) is 6.02. The van der Waals surface area contributed by atoms with Crippen molar-refractivity contribution in [2.75, 3.05) is 5.32 Å². The number of hydrogen-bond donors (Lipinski definition) is 1. The summed E-state index contributed by atoms with van der Waals surface area (Å²) in [7, 11) is 0. The summed E-state index contributed by atoms with van der Waals surface area (Å²) in [5.41, 5.74) is 0.294. The molecule has 0 unspecified atom stereocenters. The van der Waals surface area contributed by atoms with E-state index in [4.69, 9.17) is 0 Å². The van der Waals surface area contributed by atoms with Crippen molar-refractivity contribution in [2.24, 2.45) is 0 Å². The van der Waals surface area contributed by atoms with Crippen molar-refractivity contribution in [3.8, 4) is 0 Å². The fourth-order valence-electron chi connectivity index (χ4n) is 0.695. The van der Waals surface area contributed by atoms with E-state index in [1.165, 1.54) is 12.1 Å². The van der Waals surface area contributed by atoms with E-state index in [0.29, 0.717) is 5.69 Å². The number of hydrogen-bond acceptors (Lipinski definition) is 1. The van der Waals surface area contributed by atoms with E-state index >= 15 is 0 Å². The highest BCUT2D eigenvalue weighted by Gasteiger charge is 2.03. The van der Waals surface area contributed by atoms with Crippen LogP contribution in [0, 0.1) is 0 Å². The maximum atomic E-state index is 12.2. The minimum atomic E-state index is -2.35. The van der Waals surface area contributed by atoms with E-state index < -0.39 is 12.0 Å². The van der Waals surface area contributed by atoms with Crippen molar-refractivity contribution >= 4 is 5.69 Å². The molecule has 0 aromatic heterocycles. The summed E-state index contributed by atoms with van der Waals surface area (Å²) in [6, 6.07) is 7.92. The minimum Gasteiger partial charge on any atom is -0.327 e. The van der Waals surface area contributed by atoms with E-state index in [0.717, 1.165) is 0 Å². The first-order valence-electron chi connectivity index (χ1n) is 3.23. The predicted molar refractivity (Wildman–Crippen MR) is 40.4 cm³/mol. The molecule has 1 rings (SSSR count). The number of anilines is 1. The molecule has 0 atom stereocenters. The Labute approximate surface area is 67.5 Å². The molecule has 12 heavy (non-hydrogen) atoms. The topological polar surface area (TPSA) is 12.0 Å². The number of rotatable bonds is 2. The van der Waals surface area contributed by atoms with Gasteiger partial charge in [-0.1, -0.05) is 18.2 Å². The second kappa shape index (κ2) is 3.80. The second-order valence-corrected chi connectivity index (χ2v) is 2.07. The standard InChI is InChI=1S/C8H6F3N/c9-7(10)8(11)12-6-4-2-1-3-5-6/h1-5,12H. The van der Waals surface area contributed by atoms with Crippen LogP contribution in [-0.2, 0) is 0 Å². The highest BCUT2D eigenvalue weighted by molar-refractivity contribution is 5.46. The number of nitrogens with one attached hydrogen (secondary N) is 1. The molecule has 0 radical (unpaired) electrons.